The highest BCUT2D eigenvalue weighted by atomic mass is 79.9. The number of aromatic hydroxyl groups is 1. The summed E-state index contributed by atoms with van der Waals surface area (Å²) in [7, 11) is 0. The number of H-pyrrole nitrogens is 1. The van der Waals surface area contributed by atoms with Crippen LogP contribution < -0.4 is 11.2 Å². The van der Waals surface area contributed by atoms with Crippen LogP contribution in [0.3, 0.4) is 0 Å². The van der Waals surface area contributed by atoms with E-state index in [1.165, 1.54) is 0 Å². The van der Waals surface area contributed by atoms with Crippen LogP contribution >= 0.6 is 15.9 Å². The minimum absolute atomic E-state index is 0.0720. The van der Waals surface area contributed by atoms with Crippen molar-refractivity contribution >= 4 is 15.9 Å². The molecule has 0 amide bonds. The maximum absolute atomic E-state index is 12.0. The number of hydrogen-bond acceptors (Lipinski definition) is 3. The van der Waals surface area contributed by atoms with Gasteiger partial charge in [-0.25, -0.2) is 4.79 Å². The van der Waals surface area contributed by atoms with E-state index in [9.17, 15) is 14.7 Å². The Morgan fingerprint density at radius 3 is 2.57 bits per heavy atom. The summed E-state index contributed by atoms with van der Waals surface area (Å²) in [6.45, 7) is 0.245. The SMILES string of the molecule is C#CCCCn1c(O)c(-c2ccc(Br)cc2)c(=O)[nH]c1=O. The lowest BCUT2D eigenvalue weighted by molar-refractivity contribution is 0.399. The number of aromatic nitrogens is 2. The highest BCUT2D eigenvalue weighted by Crippen LogP contribution is 2.25. The monoisotopic (exact) mass is 348 g/mol. The Labute approximate surface area is 129 Å². The van der Waals surface area contributed by atoms with E-state index < -0.39 is 11.2 Å². The fourth-order valence-corrected chi connectivity index (χ4v) is 2.25. The summed E-state index contributed by atoms with van der Waals surface area (Å²) in [5, 5.41) is 10.3. The van der Waals surface area contributed by atoms with Gasteiger partial charge in [-0.3, -0.25) is 14.3 Å². The van der Waals surface area contributed by atoms with Crippen molar-refractivity contribution in [1.29, 1.82) is 0 Å². The van der Waals surface area contributed by atoms with Gasteiger partial charge in [-0.05, 0) is 24.1 Å². The van der Waals surface area contributed by atoms with Crippen molar-refractivity contribution in [1.82, 2.24) is 9.55 Å². The smallest absolute Gasteiger partial charge is 0.331 e. The molecule has 1 aromatic heterocycles. The highest BCUT2D eigenvalue weighted by Gasteiger charge is 2.15. The summed E-state index contributed by atoms with van der Waals surface area (Å²) in [5.41, 5.74) is -0.658. The van der Waals surface area contributed by atoms with Crippen molar-refractivity contribution in [3.8, 4) is 29.4 Å². The minimum Gasteiger partial charge on any atom is -0.494 e. The Kier molecular flexibility index (Phi) is 4.66. The average molecular weight is 349 g/mol. The van der Waals surface area contributed by atoms with Crippen LogP contribution in [0.5, 0.6) is 5.88 Å². The quantitative estimate of drug-likeness (QED) is 0.656. The standard InChI is InChI=1S/C15H13BrN2O3/c1-2-3-4-9-18-14(20)12(13(19)17-15(18)21)10-5-7-11(16)8-6-10/h1,5-8,20H,3-4,9H2,(H,17,19,21). The zero-order valence-corrected chi connectivity index (χ0v) is 12.7. The summed E-state index contributed by atoms with van der Waals surface area (Å²) in [4.78, 5) is 26.0. The van der Waals surface area contributed by atoms with Crippen molar-refractivity contribution < 1.29 is 5.11 Å². The lowest BCUT2D eigenvalue weighted by Crippen LogP contribution is -2.31. The molecule has 0 fully saturated rings. The molecule has 0 aliphatic rings. The van der Waals surface area contributed by atoms with E-state index in [4.69, 9.17) is 6.42 Å². The molecule has 0 spiro atoms. The molecule has 0 aliphatic heterocycles. The molecule has 0 aliphatic carbocycles. The fraction of sp³-hybridized carbons (Fsp3) is 0.200. The lowest BCUT2D eigenvalue weighted by atomic mass is 10.1. The van der Waals surface area contributed by atoms with Gasteiger partial charge in [-0.15, -0.1) is 12.3 Å². The molecule has 21 heavy (non-hydrogen) atoms. The number of unbranched alkanes of at least 4 members (excludes halogenated alkanes) is 1. The van der Waals surface area contributed by atoms with Gasteiger partial charge in [0.25, 0.3) is 5.56 Å². The van der Waals surface area contributed by atoms with Crippen molar-refractivity contribution in [2.75, 3.05) is 0 Å². The topological polar surface area (TPSA) is 75.1 Å². The maximum Gasteiger partial charge on any atom is 0.331 e. The summed E-state index contributed by atoms with van der Waals surface area (Å²) in [6, 6.07) is 6.87. The second kappa shape index (κ2) is 6.46. The predicted molar refractivity (Wildman–Crippen MR) is 84.2 cm³/mol. The number of nitrogens with zero attached hydrogens (tertiary/aromatic N) is 1. The molecular formula is C15H13BrN2O3. The number of terminal acetylenes is 1. The number of hydrogen-bond donors (Lipinski definition) is 2. The number of nitrogens with one attached hydrogen (secondary N) is 1. The number of rotatable bonds is 4. The molecule has 0 unspecified atom stereocenters. The van der Waals surface area contributed by atoms with E-state index in [2.05, 4.69) is 26.8 Å². The first-order valence-electron chi connectivity index (χ1n) is 6.30. The first-order valence-corrected chi connectivity index (χ1v) is 7.09. The summed E-state index contributed by atoms with van der Waals surface area (Å²) in [6.07, 6.45) is 6.19. The molecule has 2 rings (SSSR count). The molecule has 1 heterocycles. The molecule has 2 aromatic rings. The predicted octanol–water partition coefficient (Wildman–Crippen LogP) is 2.09. The van der Waals surface area contributed by atoms with Crippen LogP contribution in [0, 0.1) is 12.3 Å². The van der Waals surface area contributed by atoms with Gasteiger partial charge in [0.15, 0.2) is 0 Å². The Bertz CT molecular complexity index is 798. The third-order valence-corrected chi connectivity index (χ3v) is 3.54. The number of benzene rings is 1. The van der Waals surface area contributed by atoms with Crippen LogP contribution in [0.25, 0.3) is 11.1 Å². The van der Waals surface area contributed by atoms with Gasteiger partial charge in [-0.2, -0.15) is 0 Å². The van der Waals surface area contributed by atoms with Crippen LogP contribution in [0.2, 0.25) is 0 Å². The van der Waals surface area contributed by atoms with Crippen molar-refractivity contribution in [2.24, 2.45) is 0 Å². The molecule has 0 atom stereocenters. The molecule has 2 N–H and O–H groups in total. The molecule has 1 aromatic carbocycles. The summed E-state index contributed by atoms with van der Waals surface area (Å²) in [5.74, 6) is 2.12. The normalized spacial score (nSPS) is 10.3. The van der Waals surface area contributed by atoms with Crippen LogP contribution in [-0.2, 0) is 6.54 Å². The molecule has 5 nitrogen and oxygen atoms in total. The molecule has 6 heteroatoms. The van der Waals surface area contributed by atoms with Crippen LogP contribution in [0.15, 0.2) is 38.3 Å². The van der Waals surface area contributed by atoms with E-state index in [0.29, 0.717) is 18.4 Å². The third kappa shape index (κ3) is 3.26. The van der Waals surface area contributed by atoms with Gasteiger partial charge in [0.2, 0.25) is 5.88 Å². The fourth-order valence-electron chi connectivity index (χ4n) is 1.98. The van der Waals surface area contributed by atoms with Crippen molar-refractivity contribution in [2.45, 2.75) is 19.4 Å². The number of aromatic amines is 1. The second-order valence-corrected chi connectivity index (χ2v) is 5.34. The molecule has 0 saturated carbocycles. The number of halogens is 1. The average Bonchev–Trinajstić information content (AvgIpc) is 2.44. The summed E-state index contributed by atoms with van der Waals surface area (Å²) < 4.78 is 1.97. The maximum atomic E-state index is 12.0. The van der Waals surface area contributed by atoms with Crippen LogP contribution in [-0.4, -0.2) is 14.7 Å². The van der Waals surface area contributed by atoms with Crippen molar-refractivity contribution in [3.63, 3.8) is 0 Å². The lowest BCUT2D eigenvalue weighted by Gasteiger charge is -2.11. The van der Waals surface area contributed by atoms with Gasteiger partial charge < -0.3 is 5.11 Å². The Morgan fingerprint density at radius 2 is 1.95 bits per heavy atom. The molecule has 108 valence electrons. The van der Waals surface area contributed by atoms with E-state index in [1.807, 2.05) is 0 Å². The van der Waals surface area contributed by atoms with E-state index in [1.54, 1.807) is 24.3 Å². The molecular weight excluding hydrogens is 336 g/mol. The van der Waals surface area contributed by atoms with E-state index in [-0.39, 0.29) is 18.0 Å². The first kappa shape index (κ1) is 15.1. The van der Waals surface area contributed by atoms with Crippen LogP contribution in [0.1, 0.15) is 12.8 Å². The zero-order chi connectivity index (χ0) is 15.4. The van der Waals surface area contributed by atoms with Gasteiger partial charge >= 0.3 is 5.69 Å². The largest absolute Gasteiger partial charge is 0.494 e. The Balaban J connectivity index is 2.54. The molecule has 0 radical (unpaired) electrons. The minimum atomic E-state index is -0.643. The zero-order valence-electron chi connectivity index (χ0n) is 11.1. The van der Waals surface area contributed by atoms with Gasteiger partial charge in [0, 0.05) is 17.4 Å². The van der Waals surface area contributed by atoms with E-state index >= 15 is 0 Å². The molecule has 0 saturated heterocycles. The second-order valence-electron chi connectivity index (χ2n) is 4.42. The molecule has 0 bridgehead atoms. The van der Waals surface area contributed by atoms with Crippen molar-refractivity contribution in [3.05, 3.63) is 49.6 Å². The first-order chi connectivity index (χ1) is 10.0. The van der Waals surface area contributed by atoms with Gasteiger partial charge in [0.05, 0.1) is 0 Å². The highest BCUT2D eigenvalue weighted by molar-refractivity contribution is 9.10. The van der Waals surface area contributed by atoms with Crippen LogP contribution in [0.4, 0.5) is 0 Å². The van der Waals surface area contributed by atoms with Gasteiger partial charge in [0.1, 0.15) is 5.56 Å². The van der Waals surface area contributed by atoms with E-state index in [0.717, 1.165) is 9.04 Å². The third-order valence-electron chi connectivity index (χ3n) is 3.01. The Hall–Kier alpha value is -2.26. The summed E-state index contributed by atoms with van der Waals surface area (Å²) >= 11 is 3.30. The van der Waals surface area contributed by atoms with Gasteiger partial charge in [-0.1, -0.05) is 28.1 Å². The Morgan fingerprint density at radius 1 is 1.29 bits per heavy atom.